The number of rotatable bonds is 3. The van der Waals surface area contributed by atoms with Crippen LogP contribution in [0.25, 0.3) is 0 Å². The third-order valence-corrected chi connectivity index (χ3v) is 3.59. The predicted molar refractivity (Wildman–Crippen MR) is 73.2 cm³/mol. The van der Waals surface area contributed by atoms with Crippen molar-refractivity contribution in [3.05, 3.63) is 35.9 Å². The first-order valence-electron chi connectivity index (χ1n) is 6.78. The Labute approximate surface area is 118 Å². The van der Waals surface area contributed by atoms with Gasteiger partial charge in [-0.2, -0.15) is 0 Å². The Morgan fingerprint density at radius 1 is 1.35 bits per heavy atom. The number of benzene rings is 1. The van der Waals surface area contributed by atoms with Crippen molar-refractivity contribution in [3.63, 3.8) is 0 Å². The minimum atomic E-state index is -0.965. The Bertz CT molecular complexity index is 474. The van der Waals surface area contributed by atoms with Gasteiger partial charge in [0.2, 0.25) is 0 Å². The molecule has 1 aromatic rings. The third-order valence-electron chi connectivity index (χ3n) is 3.59. The topological polar surface area (TPSA) is 66.8 Å². The largest absolute Gasteiger partial charge is 0.480 e. The molecule has 2 atom stereocenters. The molecule has 0 radical (unpaired) electrons. The van der Waals surface area contributed by atoms with Crippen LogP contribution >= 0.6 is 0 Å². The van der Waals surface area contributed by atoms with Gasteiger partial charge >= 0.3 is 12.1 Å². The number of nitrogens with zero attached hydrogens (tertiary/aromatic N) is 1. The number of aliphatic carboxylic acids is 1. The number of amides is 1. The lowest BCUT2D eigenvalue weighted by molar-refractivity contribution is -0.144. The van der Waals surface area contributed by atoms with E-state index in [2.05, 4.69) is 0 Å². The fraction of sp³-hybridized carbons (Fsp3) is 0.467. The van der Waals surface area contributed by atoms with E-state index in [1.807, 2.05) is 37.3 Å². The second-order valence-electron chi connectivity index (χ2n) is 5.22. The van der Waals surface area contributed by atoms with Gasteiger partial charge in [0.1, 0.15) is 12.6 Å². The van der Waals surface area contributed by atoms with Crippen LogP contribution in [0.2, 0.25) is 0 Å². The zero-order valence-corrected chi connectivity index (χ0v) is 11.5. The zero-order valence-electron chi connectivity index (χ0n) is 11.5. The third kappa shape index (κ3) is 3.50. The molecular formula is C15H19NO4. The fourth-order valence-corrected chi connectivity index (χ4v) is 2.40. The van der Waals surface area contributed by atoms with Crippen LogP contribution in [0.3, 0.4) is 0 Å². The Kier molecular flexibility index (Phi) is 4.61. The molecule has 1 N–H and O–H groups in total. The number of likely N-dealkylation sites (tertiary alicyclic amines) is 1. The molecule has 5 nitrogen and oxygen atoms in total. The maximum atomic E-state index is 12.0. The fourth-order valence-electron chi connectivity index (χ4n) is 2.40. The molecule has 0 spiro atoms. The Morgan fingerprint density at radius 2 is 2.05 bits per heavy atom. The van der Waals surface area contributed by atoms with Crippen molar-refractivity contribution in [1.29, 1.82) is 0 Å². The molecule has 1 amide bonds. The SMILES string of the molecule is CC1CCN(C(=O)OCc2ccccc2)C(C(=O)O)C1. The van der Waals surface area contributed by atoms with Crippen LogP contribution in [0, 0.1) is 5.92 Å². The first-order valence-corrected chi connectivity index (χ1v) is 6.78. The lowest BCUT2D eigenvalue weighted by atomic mass is 9.93. The van der Waals surface area contributed by atoms with Gasteiger partial charge in [-0.25, -0.2) is 9.59 Å². The normalized spacial score (nSPS) is 22.4. The van der Waals surface area contributed by atoms with Gasteiger partial charge in [0.05, 0.1) is 0 Å². The Hall–Kier alpha value is -2.04. The molecule has 0 aromatic heterocycles. The van der Waals surface area contributed by atoms with Crippen LogP contribution in [-0.2, 0) is 16.1 Å². The van der Waals surface area contributed by atoms with Gasteiger partial charge < -0.3 is 9.84 Å². The summed E-state index contributed by atoms with van der Waals surface area (Å²) in [7, 11) is 0. The highest BCUT2D eigenvalue weighted by molar-refractivity contribution is 5.80. The molecule has 0 bridgehead atoms. The molecule has 1 aromatic carbocycles. The maximum Gasteiger partial charge on any atom is 0.410 e. The van der Waals surface area contributed by atoms with Gasteiger partial charge in [0.25, 0.3) is 0 Å². The van der Waals surface area contributed by atoms with Crippen molar-refractivity contribution >= 4 is 12.1 Å². The minimum absolute atomic E-state index is 0.165. The van der Waals surface area contributed by atoms with E-state index >= 15 is 0 Å². The zero-order chi connectivity index (χ0) is 14.5. The highest BCUT2D eigenvalue weighted by atomic mass is 16.6. The molecule has 1 heterocycles. The lowest BCUT2D eigenvalue weighted by Crippen LogP contribution is -2.49. The summed E-state index contributed by atoms with van der Waals surface area (Å²) in [4.78, 5) is 24.6. The van der Waals surface area contributed by atoms with Crippen LogP contribution in [0.15, 0.2) is 30.3 Å². The van der Waals surface area contributed by atoms with E-state index in [9.17, 15) is 14.7 Å². The van der Waals surface area contributed by atoms with Gasteiger partial charge in [-0.1, -0.05) is 37.3 Å². The summed E-state index contributed by atoms with van der Waals surface area (Å²) in [6.45, 7) is 2.60. The van der Waals surface area contributed by atoms with Gasteiger partial charge in [0, 0.05) is 6.54 Å². The smallest absolute Gasteiger partial charge is 0.410 e. The van der Waals surface area contributed by atoms with Crippen LogP contribution in [0.5, 0.6) is 0 Å². The summed E-state index contributed by atoms with van der Waals surface area (Å²) in [5.74, 6) is -0.650. The van der Waals surface area contributed by atoms with Crippen molar-refractivity contribution < 1.29 is 19.4 Å². The summed E-state index contributed by atoms with van der Waals surface area (Å²) in [5.41, 5.74) is 0.887. The Morgan fingerprint density at radius 3 is 2.70 bits per heavy atom. The number of carboxylic acids is 1. The number of carbonyl (C=O) groups is 2. The molecule has 0 aliphatic carbocycles. The molecule has 1 saturated heterocycles. The molecule has 20 heavy (non-hydrogen) atoms. The number of carbonyl (C=O) groups excluding carboxylic acids is 1. The standard InChI is InChI=1S/C15H19NO4/c1-11-7-8-16(13(9-11)14(17)18)15(19)20-10-12-5-3-2-4-6-12/h2-6,11,13H,7-10H2,1H3,(H,17,18). The van der Waals surface area contributed by atoms with Gasteiger partial charge in [-0.3, -0.25) is 4.90 Å². The molecule has 2 unspecified atom stereocenters. The summed E-state index contributed by atoms with van der Waals surface area (Å²) in [5, 5.41) is 9.21. The average molecular weight is 277 g/mol. The van der Waals surface area contributed by atoms with Crippen molar-refractivity contribution in [3.8, 4) is 0 Å². The lowest BCUT2D eigenvalue weighted by Gasteiger charge is -2.35. The number of ether oxygens (including phenoxy) is 1. The van der Waals surface area contributed by atoms with E-state index in [4.69, 9.17) is 4.74 Å². The van der Waals surface area contributed by atoms with E-state index in [1.54, 1.807) is 0 Å². The molecule has 108 valence electrons. The second kappa shape index (κ2) is 6.41. The summed E-state index contributed by atoms with van der Waals surface area (Å²) in [6, 6.07) is 8.57. The molecule has 1 aliphatic rings. The summed E-state index contributed by atoms with van der Waals surface area (Å²) < 4.78 is 5.21. The number of hydrogen-bond acceptors (Lipinski definition) is 3. The molecule has 0 saturated carbocycles. The van der Waals surface area contributed by atoms with Crippen molar-refractivity contribution in [2.24, 2.45) is 5.92 Å². The van der Waals surface area contributed by atoms with E-state index in [0.717, 1.165) is 12.0 Å². The van der Waals surface area contributed by atoms with Crippen molar-refractivity contribution in [2.75, 3.05) is 6.54 Å². The second-order valence-corrected chi connectivity index (χ2v) is 5.22. The molecular weight excluding hydrogens is 258 g/mol. The van der Waals surface area contributed by atoms with E-state index < -0.39 is 18.1 Å². The minimum Gasteiger partial charge on any atom is -0.480 e. The summed E-state index contributed by atoms with van der Waals surface area (Å²) in [6.07, 6.45) is 0.744. The Balaban J connectivity index is 1.95. The van der Waals surface area contributed by atoms with Crippen LogP contribution < -0.4 is 0 Å². The van der Waals surface area contributed by atoms with Crippen LogP contribution in [0.4, 0.5) is 4.79 Å². The number of carboxylic acid groups (broad SMARTS) is 1. The molecule has 5 heteroatoms. The maximum absolute atomic E-state index is 12.0. The first-order chi connectivity index (χ1) is 9.58. The first kappa shape index (κ1) is 14.4. The highest BCUT2D eigenvalue weighted by Crippen LogP contribution is 2.23. The highest BCUT2D eigenvalue weighted by Gasteiger charge is 2.35. The molecule has 1 fully saturated rings. The van der Waals surface area contributed by atoms with Gasteiger partial charge in [-0.15, -0.1) is 0 Å². The van der Waals surface area contributed by atoms with Crippen LogP contribution in [-0.4, -0.2) is 34.7 Å². The van der Waals surface area contributed by atoms with Crippen LogP contribution in [0.1, 0.15) is 25.3 Å². The van der Waals surface area contributed by atoms with E-state index in [1.165, 1.54) is 4.90 Å². The van der Waals surface area contributed by atoms with Gasteiger partial charge in [0.15, 0.2) is 0 Å². The average Bonchev–Trinajstić information content (AvgIpc) is 2.45. The summed E-state index contributed by atoms with van der Waals surface area (Å²) >= 11 is 0. The molecule has 2 rings (SSSR count). The quantitative estimate of drug-likeness (QED) is 0.921. The number of piperidine rings is 1. The van der Waals surface area contributed by atoms with E-state index in [0.29, 0.717) is 18.9 Å². The van der Waals surface area contributed by atoms with E-state index in [-0.39, 0.29) is 6.61 Å². The predicted octanol–water partition coefficient (Wildman–Crippen LogP) is 2.51. The van der Waals surface area contributed by atoms with Crippen molar-refractivity contribution in [2.45, 2.75) is 32.4 Å². The number of hydrogen-bond donors (Lipinski definition) is 1. The molecule has 1 aliphatic heterocycles. The monoisotopic (exact) mass is 277 g/mol. The van der Waals surface area contributed by atoms with Gasteiger partial charge in [-0.05, 0) is 24.3 Å². The van der Waals surface area contributed by atoms with Crippen molar-refractivity contribution in [1.82, 2.24) is 4.90 Å².